The van der Waals surface area contributed by atoms with E-state index in [-0.39, 0.29) is 22.8 Å². The average molecular weight is 255 g/mol. The Morgan fingerprint density at radius 2 is 2.24 bits per heavy atom. The predicted octanol–water partition coefficient (Wildman–Crippen LogP) is -0.210. The van der Waals surface area contributed by atoms with Crippen molar-refractivity contribution in [1.82, 2.24) is 10.2 Å². The molecule has 6 heteroatoms. The Hall–Kier alpha value is -1.17. The molecule has 1 atom stereocenters. The van der Waals surface area contributed by atoms with Gasteiger partial charge in [-0.2, -0.15) is 0 Å². The van der Waals surface area contributed by atoms with Crippen LogP contribution in [0.3, 0.4) is 0 Å². The average Bonchev–Trinajstić information content (AvgIpc) is 3.04. The quantitative estimate of drug-likeness (QED) is 0.684. The maximum atomic E-state index is 12.0. The summed E-state index contributed by atoms with van der Waals surface area (Å²) >= 11 is 4.93. The topological polar surface area (TPSA) is 75.4 Å². The molecule has 0 radical (unpaired) electrons. The van der Waals surface area contributed by atoms with E-state index >= 15 is 0 Å². The summed E-state index contributed by atoms with van der Waals surface area (Å²) in [6.07, 6.45) is 2.68. The number of piperidine rings is 1. The van der Waals surface area contributed by atoms with Crippen molar-refractivity contribution in [3.8, 4) is 0 Å². The molecule has 1 unspecified atom stereocenters. The van der Waals surface area contributed by atoms with Gasteiger partial charge in [0.15, 0.2) is 0 Å². The van der Waals surface area contributed by atoms with Gasteiger partial charge in [0.25, 0.3) is 0 Å². The first-order valence-electron chi connectivity index (χ1n) is 5.80. The fourth-order valence-corrected chi connectivity index (χ4v) is 2.46. The zero-order valence-electron chi connectivity index (χ0n) is 9.86. The lowest BCUT2D eigenvalue weighted by Crippen LogP contribution is -2.51. The molecule has 1 heterocycles. The Balaban J connectivity index is 1.92. The van der Waals surface area contributed by atoms with Crippen molar-refractivity contribution in [3.05, 3.63) is 0 Å². The summed E-state index contributed by atoms with van der Waals surface area (Å²) in [5.74, 6) is 0.0590. The van der Waals surface area contributed by atoms with Crippen LogP contribution >= 0.6 is 12.2 Å². The number of rotatable bonds is 3. The summed E-state index contributed by atoms with van der Waals surface area (Å²) in [6.45, 7) is 0.567. The van der Waals surface area contributed by atoms with Crippen LogP contribution in [0.1, 0.15) is 25.7 Å². The van der Waals surface area contributed by atoms with Crippen LogP contribution in [0.5, 0.6) is 0 Å². The zero-order valence-corrected chi connectivity index (χ0v) is 10.7. The molecule has 0 aromatic heterocycles. The van der Waals surface area contributed by atoms with Gasteiger partial charge in [0.05, 0.1) is 10.4 Å². The van der Waals surface area contributed by atoms with E-state index in [0.29, 0.717) is 19.4 Å². The standard InChI is InChI=1S/C11H17N3O2S/c1-14-6-7(2-3-8(14)15)13-10(16)11(4-5-11)9(12)17/h7H,2-6H2,1H3,(H2,12,17)(H,13,16). The second-order valence-electron chi connectivity index (χ2n) is 4.93. The van der Waals surface area contributed by atoms with Gasteiger partial charge >= 0.3 is 0 Å². The van der Waals surface area contributed by atoms with E-state index in [9.17, 15) is 9.59 Å². The van der Waals surface area contributed by atoms with E-state index in [0.717, 1.165) is 12.8 Å². The molecule has 1 saturated heterocycles. The first-order valence-corrected chi connectivity index (χ1v) is 6.21. The molecule has 0 spiro atoms. The van der Waals surface area contributed by atoms with E-state index in [4.69, 9.17) is 18.0 Å². The van der Waals surface area contributed by atoms with Crippen LogP contribution in [0.25, 0.3) is 0 Å². The minimum absolute atomic E-state index is 0.0250. The van der Waals surface area contributed by atoms with Crippen molar-refractivity contribution in [2.75, 3.05) is 13.6 Å². The number of thiocarbonyl (C=S) groups is 1. The number of carbonyl (C=O) groups is 2. The Morgan fingerprint density at radius 1 is 1.59 bits per heavy atom. The van der Waals surface area contributed by atoms with Crippen LogP contribution < -0.4 is 11.1 Å². The molecule has 1 aliphatic carbocycles. The van der Waals surface area contributed by atoms with E-state index in [1.807, 2.05) is 0 Å². The molecule has 3 N–H and O–H groups in total. The van der Waals surface area contributed by atoms with Crippen molar-refractivity contribution < 1.29 is 9.59 Å². The summed E-state index contributed by atoms with van der Waals surface area (Å²) < 4.78 is 0. The Bertz CT molecular complexity index is 379. The number of likely N-dealkylation sites (N-methyl/N-ethyl adjacent to an activating group) is 1. The van der Waals surface area contributed by atoms with E-state index in [1.54, 1.807) is 11.9 Å². The largest absolute Gasteiger partial charge is 0.392 e. The molecule has 0 aromatic rings. The molecule has 0 bridgehead atoms. The van der Waals surface area contributed by atoms with Crippen molar-refractivity contribution >= 4 is 29.0 Å². The summed E-state index contributed by atoms with van der Waals surface area (Å²) in [6, 6.07) is 0.0250. The Labute approximate surface area is 106 Å². The fraction of sp³-hybridized carbons (Fsp3) is 0.727. The van der Waals surface area contributed by atoms with Crippen LogP contribution in [-0.2, 0) is 9.59 Å². The van der Waals surface area contributed by atoms with Crippen LogP contribution in [0.2, 0.25) is 0 Å². The van der Waals surface area contributed by atoms with Gasteiger partial charge in [-0.3, -0.25) is 9.59 Å². The van der Waals surface area contributed by atoms with E-state index < -0.39 is 5.41 Å². The van der Waals surface area contributed by atoms with E-state index in [2.05, 4.69) is 5.32 Å². The Kier molecular flexibility index (Phi) is 3.07. The summed E-state index contributed by atoms with van der Waals surface area (Å²) in [5, 5.41) is 2.95. The molecule has 1 saturated carbocycles. The summed E-state index contributed by atoms with van der Waals surface area (Å²) in [4.78, 5) is 25.3. The highest BCUT2D eigenvalue weighted by Gasteiger charge is 2.53. The van der Waals surface area contributed by atoms with Gasteiger partial charge in [0.1, 0.15) is 0 Å². The molecule has 2 rings (SSSR count). The maximum Gasteiger partial charge on any atom is 0.233 e. The van der Waals surface area contributed by atoms with Gasteiger partial charge in [-0.1, -0.05) is 12.2 Å². The fourth-order valence-electron chi connectivity index (χ4n) is 2.16. The molecule has 17 heavy (non-hydrogen) atoms. The smallest absolute Gasteiger partial charge is 0.233 e. The number of nitrogens with zero attached hydrogens (tertiary/aromatic N) is 1. The third kappa shape index (κ3) is 2.26. The first kappa shape index (κ1) is 12.3. The Morgan fingerprint density at radius 3 is 2.71 bits per heavy atom. The molecule has 2 fully saturated rings. The summed E-state index contributed by atoms with van der Waals surface area (Å²) in [5.41, 5.74) is 4.99. The molecule has 94 valence electrons. The molecular formula is C11H17N3O2S. The van der Waals surface area contributed by atoms with Gasteiger partial charge < -0.3 is 16.0 Å². The number of nitrogens with one attached hydrogen (secondary N) is 1. The lowest BCUT2D eigenvalue weighted by molar-refractivity contribution is -0.134. The van der Waals surface area contributed by atoms with Crippen LogP contribution in [0.4, 0.5) is 0 Å². The van der Waals surface area contributed by atoms with Crippen LogP contribution in [0, 0.1) is 5.41 Å². The minimum Gasteiger partial charge on any atom is -0.392 e. The number of carbonyl (C=O) groups excluding carboxylic acids is 2. The second-order valence-corrected chi connectivity index (χ2v) is 5.37. The number of amides is 2. The van der Waals surface area contributed by atoms with Gasteiger partial charge in [-0.15, -0.1) is 0 Å². The third-order valence-corrected chi connectivity index (χ3v) is 4.01. The van der Waals surface area contributed by atoms with Crippen molar-refractivity contribution in [3.63, 3.8) is 0 Å². The highest BCUT2D eigenvalue weighted by atomic mass is 32.1. The van der Waals surface area contributed by atoms with Crippen molar-refractivity contribution in [1.29, 1.82) is 0 Å². The van der Waals surface area contributed by atoms with Crippen LogP contribution in [0.15, 0.2) is 0 Å². The van der Waals surface area contributed by atoms with Gasteiger partial charge in [0.2, 0.25) is 11.8 Å². The molecular weight excluding hydrogens is 238 g/mol. The molecule has 2 amide bonds. The maximum absolute atomic E-state index is 12.0. The number of hydrogen-bond acceptors (Lipinski definition) is 3. The number of likely N-dealkylation sites (tertiary alicyclic amines) is 1. The normalized spacial score (nSPS) is 26.5. The number of hydrogen-bond donors (Lipinski definition) is 2. The molecule has 5 nitrogen and oxygen atoms in total. The first-order chi connectivity index (χ1) is 7.95. The van der Waals surface area contributed by atoms with Crippen molar-refractivity contribution in [2.24, 2.45) is 11.1 Å². The summed E-state index contributed by atoms with van der Waals surface area (Å²) in [7, 11) is 1.75. The third-order valence-electron chi connectivity index (χ3n) is 3.62. The predicted molar refractivity (Wildman–Crippen MR) is 67.3 cm³/mol. The van der Waals surface area contributed by atoms with Crippen LogP contribution in [-0.4, -0.2) is 41.3 Å². The van der Waals surface area contributed by atoms with Crippen molar-refractivity contribution in [2.45, 2.75) is 31.7 Å². The monoisotopic (exact) mass is 255 g/mol. The van der Waals surface area contributed by atoms with Gasteiger partial charge in [-0.05, 0) is 19.3 Å². The van der Waals surface area contributed by atoms with Gasteiger partial charge in [-0.25, -0.2) is 0 Å². The number of nitrogens with two attached hydrogens (primary N) is 1. The zero-order chi connectivity index (χ0) is 12.6. The highest BCUT2D eigenvalue weighted by Crippen LogP contribution is 2.46. The molecule has 1 aliphatic heterocycles. The second kappa shape index (κ2) is 4.25. The lowest BCUT2D eigenvalue weighted by atomic mass is 10.0. The SMILES string of the molecule is CN1CC(NC(=O)C2(C(N)=S)CC2)CCC1=O. The minimum atomic E-state index is -0.602. The highest BCUT2D eigenvalue weighted by molar-refractivity contribution is 7.80. The lowest BCUT2D eigenvalue weighted by Gasteiger charge is -2.31. The van der Waals surface area contributed by atoms with Gasteiger partial charge in [0, 0.05) is 26.1 Å². The van der Waals surface area contributed by atoms with E-state index in [1.165, 1.54) is 0 Å². The molecule has 0 aromatic carbocycles. The molecule has 2 aliphatic rings.